The largest absolute Gasteiger partial charge is 0.461 e. The van der Waals surface area contributed by atoms with E-state index >= 15 is 0 Å². The molecule has 0 amide bonds. The van der Waals surface area contributed by atoms with Gasteiger partial charge in [-0.15, -0.1) is 0 Å². The van der Waals surface area contributed by atoms with Crippen molar-refractivity contribution >= 4 is 5.97 Å². The third kappa shape index (κ3) is 4.48. The van der Waals surface area contributed by atoms with Gasteiger partial charge in [-0.1, -0.05) is 44.9 Å². The van der Waals surface area contributed by atoms with Crippen molar-refractivity contribution in [1.29, 1.82) is 0 Å². The van der Waals surface area contributed by atoms with E-state index in [9.17, 15) is 4.79 Å². The lowest BCUT2D eigenvalue weighted by molar-refractivity contribution is -0.154. The average molecular weight is 268 g/mol. The Labute approximate surface area is 117 Å². The van der Waals surface area contributed by atoms with Gasteiger partial charge >= 0.3 is 5.97 Å². The van der Waals surface area contributed by atoms with Crippen LogP contribution in [0.5, 0.6) is 0 Å². The minimum Gasteiger partial charge on any atom is -0.461 e. The van der Waals surface area contributed by atoms with Crippen LogP contribution in [0.1, 0.15) is 71.6 Å². The zero-order valence-corrected chi connectivity index (χ0v) is 12.5. The predicted octanol–water partition coefficient (Wildman–Crippen LogP) is 3.85. The number of unbranched alkanes of at least 4 members (excludes halogenated alkanes) is 3. The van der Waals surface area contributed by atoms with Crippen LogP contribution in [0, 0.1) is 5.92 Å². The quantitative estimate of drug-likeness (QED) is 0.362. The molecule has 0 N–H and O–H groups in total. The van der Waals surface area contributed by atoms with Crippen LogP contribution >= 0.6 is 0 Å². The first-order valence-electron chi connectivity index (χ1n) is 7.97. The van der Waals surface area contributed by atoms with Crippen LogP contribution in [0.2, 0.25) is 0 Å². The monoisotopic (exact) mass is 268 g/mol. The molecule has 1 aliphatic heterocycles. The van der Waals surface area contributed by atoms with Crippen molar-refractivity contribution in [3.8, 4) is 0 Å². The summed E-state index contributed by atoms with van der Waals surface area (Å²) < 4.78 is 10.6. The highest BCUT2D eigenvalue weighted by atomic mass is 16.6. The lowest BCUT2D eigenvalue weighted by Gasteiger charge is -2.25. The van der Waals surface area contributed by atoms with Crippen LogP contribution in [0.3, 0.4) is 0 Å². The zero-order chi connectivity index (χ0) is 13.7. The van der Waals surface area contributed by atoms with E-state index in [2.05, 4.69) is 0 Å². The normalized spacial score (nSPS) is 26.3. The second kappa shape index (κ2) is 6.74. The maximum absolute atomic E-state index is 11.8. The van der Waals surface area contributed by atoms with Crippen molar-refractivity contribution in [3.05, 3.63) is 0 Å². The van der Waals surface area contributed by atoms with Crippen LogP contribution in [-0.2, 0) is 14.3 Å². The van der Waals surface area contributed by atoms with Gasteiger partial charge in [0.25, 0.3) is 0 Å². The summed E-state index contributed by atoms with van der Waals surface area (Å²) in [5.74, 6) is 0.871. The van der Waals surface area contributed by atoms with Gasteiger partial charge in [0.15, 0.2) is 5.60 Å². The topological polar surface area (TPSA) is 38.8 Å². The second-order valence-corrected chi connectivity index (χ2v) is 6.49. The fourth-order valence-electron chi connectivity index (χ4n) is 2.75. The summed E-state index contributed by atoms with van der Waals surface area (Å²) in [5, 5.41) is 0. The van der Waals surface area contributed by atoms with Crippen molar-refractivity contribution in [2.45, 2.75) is 83.3 Å². The molecular formula is C16H28O3. The number of ether oxygens (including phenoxy) is 2. The van der Waals surface area contributed by atoms with Gasteiger partial charge in [-0.3, -0.25) is 0 Å². The molecule has 0 aromatic rings. The molecule has 1 unspecified atom stereocenters. The predicted molar refractivity (Wildman–Crippen MR) is 75.0 cm³/mol. The molecule has 1 aliphatic carbocycles. The van der Waals surface area contributed by atoms with E-state index in [0.29, 0.717) is 6.61 Å². The van der Waals surface area contributed by atoms with E-state index in [1.165, 1.54) is 44.9 Å². The average Bonchev–Trinajstić information content (AvgIpc) is 3.05. The molecule has 1 heterocycles. The molecule has 0 spiro atoms. The summed E-state index contributed by atoms with van der Waals surface area (Å²) in [7, 11) is 0. The Balaban J connectivity index is 1.51. The van der Waals surface area contributed by atoms with Gasteiger partial charge in [-0.05, 0) is 32.6 Å². The third-order valence-corrected chi connectivity index (χ3v) is 4.38. The van der Waals surface area contributed by atoms with Gasteiger partial charge in [-0.2, -0.15) is 0 Å². The van der Waals surface area contributed by atoms with Gasteiger partial charge in [0, 0.05) is 0 Å². The molecule has 3 heteroatoms. The molecule has 1 saturated carbocycles. The summed E-state index contributed by atoms with van der Waals surface area (Å²) in [5.41, 5.74) is -0.571. The number of carbonyl (C=O) groups is 1. The highest BCUT2D eigenvalue weighted by Gasteiger charge is 2.53. The molecule has 3 nitrogen and oxygen atoms in total. The molecular weight excluding hydrogens is 240 g/mol. The number of epoxide rings is 1. The number of rotatable bonds is 9. The van der Waals surface area contributed by atoms with E-state index in [1.54, 1.807) is 0 Å². The standard InChI is InChI=1S/C16H28O3/c1-13(2)19-15(17)16(12-18-16)11-6-4-3-5-8-14-9-7-10-14/h13-14H,3-12H2,1-2H3. The lowest BCUT2D eigenvalue weighted by Crippen LogP contribution is -2.29. The van der Waals surface area contributed by atoms with E-state index in [1.807, 2.05) is 13.8 Å². The zero-order valence-electron chi connectivity index (χ0n) is 12.5. The summed E-state index contributed by atoms with van der Waals surface area (Å²) in [4.78, 5) is 11.8. The first kappa shape index (κ1) is 14.8. The summed E-state index contributed by atoms with van der Waals surface area (Å²) in [6.45, 7) is 4.32. The smallest absolute Gasteiger partial charge is 0.341 e. The van der Waals surface area contributed by atoms with E-state index in [4.69, 9.17) is 9.47 Å². The fourth-order valence-corrected chi connectivity index (χ4v) is 2.75. The van der Waals surface area contributed by atoms with Crippen LogP contribution in [0.25, 0.3) is 0 Å². The fraction of sp³-hybridized carbons (Fsp3) is 0.938. The molecule has 19 heavy (non-hydrogen) atoms. The van der Waals surface area contributed by atoms with Crippen LogP contribution in [0.15, 0.2) is 0 Å². The molecule has 2 aliphatic rings. The number of hydrogen-bond donors (Lipinski definition) is 0. The number of esters is 1. The maximum Gasteiger partial charge on any atom is 0.341 e. The molecule has 0 radical (unpaired) electrons. The Hall–Kier alpha value is -0.570. The first-order valence-corrected chi connectivity index (χ1v) is 7.97. The van der Waals surface area contributed by atoms with Gasteiger partial charge < -0.3 is 9.47 Å². The molecule has 2 rings (SSSR count). The van der Waals surface area contributed by atoms with Crippen LogP contribution < -0.4 is 0 Å². The molecule has 110 valence electrons. The summed E-state index contributed by atoms with van der Waals surface area (Å²) >= 11 is 0. The van der Waals surface area contributed by atoms with E-state index in [-0.39, 0.29) is 12.1 Å². The Morgan fingerprint density at radius 1 is 1.26 bits per heavy atom. The Kier molecular flexibility index (Phi) is 5.26. The highest BCUT2D eigenvalue weighted by molar-refractivity contribution is 5.82. The minimum absolute atomic E-state index is 0.0453. The van der Waals surface area contributed by atoms with Gasteiger partial charge in [0.1, 0.15) is 0 Å². The van der Waals surface area contributed by atoms with Crippen LogP contribution in [0.4, 0.5) is 0 Å². The summed E-state index contributed by atoms with van der Waals surface area (Å²) in [6.07, 6.45) is 11.5. The van der Waals surface area contributed by atoms with Gasteiger partial charge in [0.05, 0.1) is 12.7 Å². The van der Waals surface area contributed by atoms with E-state index < -0.39 is 5.60 Å². The maximum atomic E-state index is 11.8. The van der Waals surface area contributed by atoms with Crippen molar-refractivity contribution in [2.24, 2.45) is 5.92 Å². The molecule has 0 aromatic carbocycles. The molecule has 0 aromatic heterocycles. The van der Waals surface area contributed by atoms with Crippen molar-refractivity contribution in [3.63, 3.8) is 0 Å². The number of hydrogen-bond acceptors (Lipinski definition) is 3. The lowest BCUT2D eigenvalue weighted by atomic mass is 9.81. The molecule has 2 fully saturated rings. The summed E-state index contributed by atoms with van der Waals surface area (Å²) in [6, 6.07) is 0. The first-order chi connectivity index (χ1) is 9.12. The Morgan fingerprint density at radius 3 is 2.47 bits per heavy atom. The Bertz CT molecular complexity index is 290. The van der Waals surface area contributed by atoms with E-state index in [0.717, 1.165) is 18.8 Å². The SMILES string of the molecule is CC(C)OC(=O)C1(CCCCCCC2CCC2)CO1. The van der Waals surface area contributed by atoms with Crippen molar-refractivity contribution in [1.82, 2.24) is 0 Å². The van der Waals surface area contributed by atoms with Crippen molar-refractivity contribution in [2.75, 3.05) is 6.61 Å². The molecule has 1 atom stereocenters. The van der Waals surface area contributed by atoms with Crippen molar-refractivity contribution < 1.29 is 14.3 Å². The molecule has 0 bridgehead atoms. The highest BCUT2D eigenvalue weighted by Crippen LogP contribution is 2.35. The van der Waals surface area contributed by atoms with Gasteiger partial charge in [-0.25, -0.2) is 4.79 Å². The third-order valence-electron chi connectivity index (χ3n) is 4.38. The molecule has 1 saturated heterocycles. The number of carbonyl (C=O) groups excluding carboxylic acids is 1. The van der Waals surface area contributed by atoms with Crippen LogP contribution in [-0.4, -0.2) is 24.3 Å². The van der Waals surface area contributed by atoms with Gasteiger partial charge in [0.2, 0.25) is 0 Å². The Morgan fingerprint density at radius 2 is 1.95 bits per heavy atom. The minimum atomic E-state index is -0.571. The second-order valence-electron chi connectivity index (χ2n) is 6.49.